The smallest absolute Gasteiger partial charge is 0.335 e. The summed E-state index contributed by atoms with van der Waals surface area (Å²) in [7, 11) is 0. The van der Waals surface area contributed by atoms with E-state index in [1.165, 1.54) is 0 Å². The Morgan fingerprint density at radius 3 is 2.84 bits per heavy atom. The second kappa shape index (κ2) is 7.71. The number of carbonyl (C=O) groups is 1. The molecule has 1 saturated carbocycles. The predicted octanol–water partition coefficient (Wildman–Crippen LogP) is 0.646. The number of carboxylic acid groups (broad SMARTS) is 1. The van der Waals surface area contributed by atoms with Gasteiger partial charge in [0, 0.05) is 15.6 Å². The van der Waals surface area contributed by atoms with Gasteiger partial charge in [0.2, 0.25) is 6.29 Å². The van der Waals surface area contributed by atoms with Crippen molar-refractivity contribution in [1.82, 2.24) is 4.90 Å². The highest BCUT2D eigenvalue weighted by Crippen LogP contribution is 2.56. The standard InChI is InChI=1S/C23H31NO7/c1-24-9-8-23-7-3-2-4-14(23)16(24)10-12-5-6-13(11-15(12)23)30-22-19(27)17(25)18(26)20(31-22)21(28)29/h5-6,11,14,16-20,22,25-27H,2-4,7-10H2,1H3,(H,28,29)/t14?,16-,17+,18+,19-,20+,22-,23-/m1/s1/i1D3. The van der Waals surface area contributed by atoms with Gasteiger partial charge in [-0.05, 0) is 68.4 Å². The summed E-state index contributed by atoms with van der Waals surface area (Å²) in [5.41, 5.74) is 2.05. The lowest BCUT2D eigenvalue weighted by molar-refractivity contribution is -0.271. The zero-order valence-corrected chi connectivity index (χ0v) is 17.2. The van der Waals surface area contributed by atoms with Crippen LogP contribution in [-0.2, 0) is 21.4 Å². The summed E-state index contributed by atoms with van der Waals surface area (Å²) in [4.78, 5) is 13.1. The second-order valence-corrected chi connectivity index (χ2v) is 9.40. The molecule has 8 atom stereocenters. The number of ether oxygens (including phenoxy) is 2. The minimum Gasteiger partial charge on any atom is -0.479 e. The van der Waals surface area contributed by atoms with Gasteiger partial charge in [-0.15, -0.1) is 0 Å². The maximum Gasteiger partial charge on any atom is 0.335 e. The Labute approximate surface area is 185 Å². The van der Waals surface area contributed by atoms with Gasteiger partial charge in [0.25, 0.3) is 0 Å². The van der Waals surface area contributed by atoms with Gasteiger partial charge in [0.15, 0.2) is 6.10 Å². The fraction of sp³-hybridized carbons (Fsp3) is 0.696. The molecule has 2 aliphatic heterocycles. The molecule has 31 heavy (non-hydrogen) atoms. The van der Waals surface area contributed by atoms with Crippen molar-refractivity contribution in [3.8, 4) is 5.75 Å². The third-order valence-electron chi connectivity index (χ3n) is 7.87. The largest absolute Gasteiger partial charge is 0.479 e. The van der Waals surface area contributed by atoms with E-state index in [1.807, 2.05) is 12.1 Å². The van der Waals surface area contributed by atoms with Crippen LogP contribution in [0.5, 0.6) is 5.75 Å². The Morgan fingerprint density at radius 1 is 1.23 bits per heavy atom. The van der Waals surface area contributed by atoms with Crippen molar-refractivity contribution in [2.45, 2.75) is 80.7 Å². The number of likely N-dealkylation sites (tertiary alicyclic amines) is 1. The van der Waals surface area contributed by atoms with Gasteiger partial charge in [-0.25, -0.2) is 4.79 Å². The Kier molecular flexibility index (Phi) is 4.42. The fourth-order valence-corrected chi connectivity index (χ4v) is 6.34. The first-order valence-corrected chi connectivity index (χ1v) is 11.0. The number of nitrogens with zero attached hydrogens (tertiary/aromatic N) is 1. The average Bonchev–Trinajstić information content (AvgIpc) is 2.78. The highest BCUT2D eigenvalue weighted by atomic mass is 16.7. The topological polar surface area (TPSA) is 120 Å². The van der Waals surface area contributed by atoms with Crippen molar-refractivity contribution < 1.29 is 38.8 Å². The quantitative estimate of drug-likeness (QED) is 0.545. The van der Waals surface area contributed by atoms with Crippen molar-refractivity contribution in [3.63, 3.8) is 0 Å². The molecule has 4 N–H and O–H groups in total. The highest BCUT2D eigenvalue weighted by molar-refractivity contribution is 5.73. The van der Waals surface area contributed by atoms with Crippen molar-refractivity contribution in [2.24, 2.45) is 5.92 Å². The second-order valence-electron chi connectivity index (χ2n) is 9.40. The molecule has 8 nitrogen and oxygen atoms in total. The SMILES string of the molecule is [2H]C([2H])([2H])N1CC[C@]23CCCCC2[C@H]1Cc1ccc(O[C@@H]2O[C@H](C(=O)O)[C@@H](O)[C@H](O)[C@H]2O)cc13. The molecule has 2 saturated heterocycles. The monoisotopic (exact) mass is 436 g/mol. The molecule has 170 valence electrons. The van der Waals surface area contributed by atoms with Gasteiger partial charge in [0.1, 0.15) is 24.1 Å². The van der Waals surface area contributed by atoms with Crippen LogP contribution in [0.15, 0.2) is 18.2 Å². The summed E-state index contributed by atoms with van der Waals surface area (Å²) < 4.78 is 35.2. The molecule has 0 amide bonds. The fourth-order valence-electron chi connectivity index (χ4n) is 6.34. The van der Waals surface area contributed by atoms with E-state index in [9.17, 15) is 25.2 Å². The number of carboxylic acids is 1. The van der Waals surface area contributed by atoms with E-state index in [0.717, 1.165) is 43.2 Å². The average molecular weight is 437 g/mol. The van der Waals surface area contributed by atoms with Crippen molar-refractivity contribution in [2.75, 3.05) is 13.5 Å². The minimum atomic E-state index is -2.13. The Hall–Kier alpha value is -1.71. The van der Waals surface area contributed by atoms with Crippen LogP contribution in [0.1, 0.15) is 47.3 Å². The number of aliphatic carboxylic acids is 1. The minimum absolute atomic E-state index is 0.0442. The van der Waals surface area contributed by atoms with E-state index in [-0.39, 0.29) is 17.4 Å². The molecule has 2 aliphatic carbocycles. The number of hydrogen-bond acceptors (Lipinski definition) is 7. The van der Waals surface area contributed by atoms with Crippen LogP contribution >= 0.6 is 0 Å². The summed E-state index contributed by atoms with van der Waals surface area (Å²) >= 11 is 0. The molecule has 0 spiro atoms. The first-order valence-electron chi connectivity index (χ1n) is 12.5. The zero-order chi connectivity index (χ0) is 24.4. The number of rotatable bonds is 3. The van der Waals surface area contributed by atoms with Crippen LogP contribution in [0.25, 0.3) is 0 Å². The maximum absolute atomic E-state index is 11.4. The van der Waals surface area contributed by atoms with Gasteiger partial charge < -0.3 is 34.8 Å². The number of aliphatic hydroxyl groups is 3. The molecular weight excluding hydrogens is 402 g/mol. The number of aliphatic hydroxyl groups excluding tert-OH is 3. The van der Waals surface area contributed by atoms with Gasteiger partial charge in [-0.3, -0.25) is 0 Å². The molecule has 2 heterocycles. The summed E-state index contributed by atoms with van der Waals surface area (Å²) in [5.74, 6) is -0.873. The van der Waals surface area contributed by atoms with Crippen molar-refractivity contribution in [3.05, 3.63) is 29.3 Å². The van der Waals surface area contributed by atoms with Crippen molar-refractivity contribution in [1.29, 1.82) is 0 Å². The van der Waals surface area contributed by atoms with Gasteiger partial charge in [-0.2, -0.15) is 0 Å². The summed E-state index contributed by atoms with van der Waals surface area (Å²) in [6.07, 6.45) is -2.90. The molecule has 1 aromatic rings. The van der Waals surface area contributed by atoms with E-state index in [2.05, 4.69) is 0 Å². The molecular formula is C23H31NO7. The predicted molar refractivity (Wildman–Crippen MR) is 110 cm³/mol. The Balaban J connectivity index is 1.46. The first-order chi connectivity index (χ1) is 16.0. The van der Waals surface area contributed by atoms with E-state index in [0.29, 0.717) is 18.7 Å². The van der Waals surface area contributed by atoms with E-state index >= 15 is 0 Å². The molecule has 8 heteroatoms. The summed E-state index contributed by atoms with van der Waals surface area (Å²) in [6, 6.07) is 5.45. The Morgan fingerprint density at radius 2 is 2.06 bits per heavy atom. The molecule has 4 aliphatic rings. The number of hydrogen-bond donors (Lipinski definition) is 4. The lowest BCUT2D eigenvalue weighted by Gasteiger charge is -2.58. The third kappa shape index (κ3) is 3.27. The molecule has 1 unspecified atom stereocenters. The van der Waals surface area contributed by atoms with Crippen LogP contribution in [-0.4, -0.2) is 81.6 Å². The molecule has 0 aromatic heterocycles. The number of likely N-dealkylation sites (N-methyl/N-ethyl adjacent to an activating group) is 1. The molecule has 1 aromatic carbocycles. The van der Waals surface area contributed by atoms with Crippen LogP contribution in [0.2, 0.25) is 0 Å². The zero-order valence-electron chi connectivity index (χ0n) is 20.2. The molecule has 5 rings (SSSR count). The van der Waals surface area contributed by atoms with E-state index in [4.69, 9.17) is 13.6 Å². The molecule has 3 fully saturated rings. The lowest BCUT2D eigenvalue weighted by Crippen LogP contribution is -2.61. The van der Waals surface area contributed by atoms with E-state index in [1.54, 1.807) is 11.0 Å². The number of piperidine rings is 1. The number of benzene rings is 1. The van der Waals surface area contributed by atoms with Gasteiger partial charge >= 0.3 is 5.97 Å². The molecule has 0 radical (unpaired) electrons. The summed E-state index contributed by atoms with van der Waals surface area (Å²) in [6.45, 7) is -1.63. The van der Waals surface area contributed by atoms with E-state index < -0.39 is 43.7 Å². The van der Waals surface area contributed by atoms with Crippen LogP contribution in [0, 0.1) is 5.92 Å². The molecule has 2 bridgehead atoms. The van der Waals surface area contributed by atoms with Crippen LogP contribution in [0.3, 0.4) is 0 Å². The van der Waals surface area contributed by atoms with Gasteiger partial charge in [0.05, 0.1) is 0 Å². The highest BCUT2D eigenvalue weighted by Gasteiger charge is 2.53. The van der Waals surface area contributed by atoms with Crippen molar-refractivity contribution >= 4 is 5.97 Å². The summed E-state index contributed by atoms with van der Waals surface area (Å²) in [5, 5.41) is 39.6. The van der Waals surface area contributed by atoms with Crippen LogP contribution < -0.4 is 4.74 Å². The third-order valence-corrected chi connectivity index (χ3v) is 7.87. The normalized spacial score (nSPS) is 44.2. The number of fused-ring (bicyclic) bond motifs is 1. The first kappa shape index (κ1) is 17.8. The maximum atomic E-state index is 11.4. The Bertz CT molecular complexity index is 959. The van der Waals surface area contributed by atoms with Crippen LogP contribution in [0.4, 0.5) is 0 Å². The van der Waals surface area contributed by atoms with Gasteiger partial charge in [-0.1, -0.05) is 18.9 Å². The lowest BCUT2D eigenvalue weighted by atomic mass is 9.52.